The van der Waals surface area contributed by atoms with E-state index in [2.05, 4.69) is 49.3 Å². The van der Waals surface area contributed by atoms with E-state index in [4.69, 9.17) is 0 Å². The van der Waals surface area contributed by atoms with Crippen LogP contribution in [0.25, 0.3) is 0 Å². The largest absolute Gasteiger partial charge is 0.364 e. The van der Waals surface area contributed by atoms with Gasteiger partial charge in [-0.1, -0.05) is 23.8 Å². The predicted octanol–water partition coefficient (Wildman–Crippen LogP) is 4.11. The molecule has 3 rings (SSSR count). The van der Waals surface area contributed by atoms with Crippen LogP contribution in [0.2, 0.25) is 0 Å². The van der Waals surface area contributed by atoms with Gasteiger partial charge in [-0.05, 0) is 56.9 Å². The Morgan fingerprint density at radius 1 is 1.17 bits per heavy atom. The number of carbonyl (C=O) groups is 1. The Morgan fingerprint density at radius 2 is 1.92 bits per heavy atom. The van der Waals surface area contributed by atoms with E-state index in [-0.39, 0.29) is 11.9 Å². The number of likely N-dealkylation sites (tertiary alicyclic amines) is 1. The Labute approximate surface area is 143 Å². The molecule has 2 heterocycles. The summed E-state index contributed by atoms with van der Waals surface area (Å²) < 4.78 is 0. The molecule has 1 amide bonds. The van der Waals surface area contributed by atoms with Gasteiger partial charge >= 0.3 is 0 Å². The maximum absolute atomic E-state index is 12.5. The lowest BCUT2D eigenvalue weighted by Crippen LogP contribution is -2.27. The normalized spacial score (nSPS) is 15.4. The van der Waals surface area contributed by atoms with E-state index in [1.165, 1.54) is 16.7 Å². The Kier molecular flexibility index (Phi) is 4.84. The molecular formula is C20H25N3O. The van der Waals surface area contributed by atoms with Gasteiger partial charge in [0.25, 0.3) is 5.91 Å². The lowest BCUT2D eigenvalue weighted by atomic mass is 10.0. The smallest absolute Gasteiger partial charge is 0.254 e. The van der Waals surface area contributed by atoms with Gasteiger partial charge in [0.15, 0.2) is 0 Å². The Balaban J connectivity index is 1.75. The summed E-state index contributed by atoms with van der Waals surface area (Å²) in [7, 11) is 0. The molecule has 1 aromatic carbocycles. The highest BCUT2D eigenvalue weighted by Crippen LogP contribution is 2.23. The Bertz CT molecular complexity index is 735. The molecule has 2 aromatic rings. The van der Waals surface area contributed by atoms with Gasteiger partial charge in [-0.2, -0.15) is 0 Å². The Morgan fingerprint density at radius 3 is 2.62 bits per heavy atom. The molecule has 0 radical (unpaired) electrons. The topological polar surface area (TPSA) is 45.2 Å². The zero-order chi connectivity index (χ0) is 17.1. The van der Waals surface area contributed by atoms with Gasteiger partial charge in [0.1, 0.15) is 5.82 Å². The predicted molar refractivity (Wildman–Crippen MR) is 97.3 cm³/mol. The highest BCUT2D eigenvalue weighted by molar-refractivity contribution is 5.95. The van der Waals surface area contributed by atoms with E-state index >= 15 is 0 Å². The molecule has 0 spiro atoms. The molecule has 1 aliphatic rings. The number of hydrogen-bond donors (Lipinski definition) is 1. The number of amides is 1. The third-order valence-corrected chi connectivity index (χ3v) is 4.66. The van der Waals surface area contributed by atoms with Crippen LogP contribution in [-0.4, -0.2) is 28.9 Å². The maximum Gasteiger partial charge on any atom is 0.254 e. The second kappa shape index (κ2) is 7.04. The molecule has 0 bridgehead atoms. The summed E-state index contributed by atoms with van der Waals surface area (Å²) in [6.45, 7) is 8.07. The van der Waals surface area contributed by atoms with Crippen molar-refractivity contribution < 1.29 is 4.79 Å². The van der Waals surface area contributed by atoms with Gasteiger partial charge in [0, 0.05) is 24.8 Å². The summed E-state index contributed by atoms with van der Waals surface area (Å²) in [5, 5.41) is 3.42. The number of carbonyl (C=O) groups excluding carboxylic acids is 1. The molecule has 1 fully saturated rings. The van der Waals surface area contributed by atoms with Crippen molar-refractivity contribution in [1.82, 2.24) is 9.88 Å². The number of nitrogens with one attached hydrogen (secondary N) is 1. The molecule has 4 nitrogen and oxygen atoms in total. The van der Waals surface area contributed by atoms with Crippen LogP contribution >= 0.6 is 0 Å². The van der Waals surface area contributed by atoms with Crippen LogP contribution in [0, 0.1) is 13.8 Å². The number of pyridine rings is 1. The lowest BCUT2D eigenvalue weighted by Gasteiger charge is -2.19. The van der Waals surface area contributed by atoms with Gasteiger partial charge < -0.3 is 10.2 Å². The summed E-state index contributed by atoms with van der Waals surface area (Å²) in [6.07, 6.45) is 3.91. The number of aromatic nitrogens is 1. The molecule has 0 aliphatic carbocycles. The monoisotopic (exact) mass is 323 g/mol. The zero-order valence-corrected chi connectivity index (χ0v) is 14.7. The highest BCUT2D eigenvalue weighted by atomic mass is 16.2. The van der Waals surface area contributed by atoms with Gasteiger partial charge in [-0.15, -0.1) is 0 Å². The van der Waals surface area contributed by atoms with Gasteiger partial charge in [0.05, 0.1) is 6.04 Å². The summed E-state index contributed by atoms with van der Waals surface area (Å²) in [5.41, 5.74) is 4.49. The molecule has 1 saturated heterocycles. The van der Waals surface area contributed by atoms with Crippen LogP contribution < -0.4 is 5.32 Å². The lowest BCUT2D eigenvalue weighted by molar-refractivity contribution is 0.0792. The fraction of sp³-hybridized carbons (Fsp3) is 0.400. The van der Waals surface area contributed by atoms with Gasteiger partial charge in [-0.3, -0.25) is 4.79 Å². The standard InChI is InChI=1S/C20H25N3O/c1-14-6-7-18(15(2)12-14)16(3)22-19-13-17(8-9-21-19)20(24)23-10-4-5-11-23/h6-9,12-13,16H,4-5,10-11H2,1-3H3,(H,21,22). The van der Waals surface area contributed by atoms with Crippen LogP contribution in [0.15, 0.2) is 36.5 Å². The van der Waals surface area contributed by atoms with E-state index in [0.29, 0.717) is 5.56 Å². The summed E-state index contributed by atoms with van der Waals surface area (Å²) in [5.74, 6) is 0.852. The quantitative estimate of drug-likeness (QED) is 0.921. The summed E-state index contributed by atoms with van der Waals surface area (Å²) >= 11 is 0. The minimum absolute atomic E-state index is 0.108. The van der Waals surface area contributed by atoms with Gasteiger partial charge in [0.2, 0.25) is 0 Å². The fourth-order valence-electron chi connectivity index (χ4n) is 3.36. The second-order valence-corrected chi connectivity index (χ2v) is 6.66. The van der Waals surface area contributed by atoms with Crippen molar-refractivity contribution in [1.29, 1.82) is 0 Å². The molecule has 4 heteroatoms. The number of hydrogen-bond acceptors (Lipinski definition) is 3. The average molecular weight is 323 g/mol. The van der Waals surface area contributed by atoms with Crippen molar-refractivity contribution in [3.8, 4) is 0 Å². The molecule has 1 aromatic heterocycles. The van der Waals surface area contributed by atoms with Crippen molar-refractivity contribution in [2.75, 3.05) is 18.4 Å². The molecule has 1 unspecified atom stereocenters. The molecule has 1 N–H and O–H groups in total. The van der Waals surface area contributed by atoms with E-state index in [1.54, 1.807) is 12.3 Å². The minimum Gasteiger partial charge on any atom is -0.364 e. The molecule has 1 atom stereocenters. The first-order chi connectivity index (χ1) is 11.5. The molecule has 24 heavy (non-hydrogen) atoms. The zero-order valence-electron chi connectivity index (χ0n) is 14.7. The van der Waals surface area contributed by atoms with Crippen molar-refractivity contribution >= 4 is 11.7 Å². The number of rotatable bonds is 4. The fourth-order valence-corrected chi connectivity index (χ4v) is 3.36. The molecular weight excluding hydrogens is 298 g/mol. The summed E-state index contributed by atoms with van der Waals surface area (Å²) in [6, 6.07) is 10.3. The number of benzene rings is 1. The van der Waals surface area contributed by atoms with E-state index in [1.807, 2.05) is 11.0 Å². The van der Waals surface area contributed by atoms with E-state index in [9.17, 15) is 4.79 Å². The van der Waals surface area contributed by atoms with Crippen molar-refractivity contribution in [3.05, 3.63) is 58.8 Å². The molecule has 126 valence electrons. The first kappa shape index (κ1) is 16.5. The SMILES string of the molecule is Cc1ccc(C(C)Nc2cc(C(=O)N3CCCC3)ccn2)c(C)c1. The highest BCUT2D eigenvalue weighted by Gasteiger charge is 2.20. The minimum atomic E-state index is 0.108. The molecule has 1 aliphatic heterocycles. The van der Waals surface area contributed by atoms with Crippen LogP contribution in [0.5, 0.6) is 0 Å². The van der Waals surface area contributed by atoms with E-state index < -0.39 is 0 Å². The third-order valence-electron chi connectivity index (χ3n) is 4.66. The summed E-state index contributed by atoms with van der Waals surface area (Å²) in [4.78, 5) is 18.8. The number of aryl methyl sites for hydroxylation is 2. The average Bonchev–Trinajstić information content (AvgIpc) is 3.08. The number of nitrogens with zero attached hydrogens (tertiary/aromatic N) is 2. The first-order valence-electron chi connectivity index (χ1n) is 8.63. The van der Waals surface area contributed by atoms with Gasteiger partial charge in [-0.25, -0.2) is 4.98 Å². The number of anilines is 1. The van der Waals surface area contributed by atoms with Crippen molar-refractivity contribution in [2.24, 2.45) is 0 Å². The second-order valence-electron chi connectivity index (χ2n) is 6.66. The van der Waals surface area contributed by atoms with Crippen LogP contribution in [-0.2, 0) is 0 Å². The third kappa shape index (κ3) is 3.58. The van der Waals surface area contributed by atoms with Crippen LogP contribution in [0.3, 0.4) is 0 Å². The first-order valence-corrected chi connectivity index (χ1v) is 8.63. The van der Waals surface area contributed by atoms with Crippen LogP contribution in [0.4, 0.5) is 5.82 Å². The van der Waals surface area contributed by atoms with E-state index in [0.717, 1.165) is 31.7 Å². The van der Waals surface area contributed by atoms with Crippen LogP contribution in [0.1, 0.15) is 52.9 Å². The van der Waals surface area contributed by atoms with Crippen molar-refractivity contribution in [3.63, 3.8) is 0 Å². The molecule has 0 saturated carbocycles. The Hall–Kier alpha value is -2.36. The van der Waals surface area contributed by atoms with Crippen molar-refractivity contribution in [2.45, 2.75) is 39.7 Å². The maximum atomic E-state index is 12.5.